The smallest absolute Gasteiger partial charge is 0.0813 e. The third kappa shape index (κ3) is 3.28. The molecule has 84 valence electrons. The molecule has 15 heavy (non-hydrogen) atoms. The summed E-state index contributed by atoms with van der Waals surface area (Å²) in [4.78, 5) is 2.49. The molecule has 0 aliphatic carbocycles. The molecule has 0 aromatic carbocycles. The van der Waals surface area contributed by atoms with E-state index in [0.717, 1.165) is 32.7 Å². The first-order valence-corrected chi connectivity index (χ1v) is 6.17. The van der Waals surface area contributed by atoms with Gasteiger partial charge in [-0.2, -0.15) is 0 Å². The number of rotatable bonds is 4. The molecule has 0 unspecified atom stereocenters. The van der Waals surface area contributed by atoms with E-state index in [1.54, 1.807) is 11.3 Å². The molecule has 3 nitrogen and oxygen atoms in total. The van der Waals surface area contributed by atoms with Crippen LogP contribution in [0.2, 0.25) is 0 Å². The van der Waals surface area contributed by atoms with Gasteiger partial charge in [0.1, 0.15) is 0 Å². The van der Waals surface area contributed by atoms with E-state index in [2.05, 4.69) is 12.1 Å². The molecule has 0 saturated carbocycles. The summed E-state index contributed by atoms with van der Waals surface area (Å²) in [6.45, 7) is 3.02. The van der Waals surface area contributed by atoms with Gasteiger partial charge in [0.05, 0.1) is 12.7 Å². The van der Waals surface area contributed by atoms with Gasteiger partial charge < -0.3 is 15.2 Å². The van der Waals surface area contributed by atoms with E-state index in [-0.39, 0.29) is 0 Å². The molecular weight excluding hydrogens is 210 g/mol. The molecule has 1 saturated heterocycles. The van der Waals surface area contributed by atoms with Crippen molar-refractivity contribution in [2.24, 2.45) is 5.73 Å². The highest BCUT2D eigenvalue weighted by molar-refractivity contribution is 7.11. The zero-order valence-electron chi connectivity index (χ0n) is 8.78. The molecule has 2 heterocycles. The van der Waals surface area contributed by atoms with Crippen molar-refractivity contribution in [3.63, 3.8) is 0 Å². The maximum absolute atomic E-state index is 5.82. The van der Waals surface area contributed by atoms with Crippen LogP contribution in [0.3, 0.4) is 0 Å². The Kier molecular flexibility index (Phi) is 4.14. The van der Waals surface area contributed by atoms with Gasteiger partial charge in [-0.15, -0.1) is 11.3 Å². The lowest BCUT2D eigenvalue weighted by Crippen LogP contribution is -2.23. The van der Waals surface area contributed by atoms with Crippen LogP contribution in [0.1, 0.15) is 22.6 Å². The molecule has 0 atom stereocenters. The molecule has 0 bridgehead atoms. The fourth-order valence-corrected chi connectivity index (χ4v) is 2.47. The van der Waals surface area contributed by atoms with Crippen molar-refractivity contribution >= 4 is 11.3 Å². The van der Waals surface area contributed by atoms with Gasteiger partial charge in [0.2, 0.25) is 0 Å². The Balaban J connectivity index is 1.76. The molecule has 1 fully saturated rings. The van der Waals surface area contributed by atoms with Gasteiger partial charge in [-0.25, -0.2) is 0 Å². The van der Waals surface area contributed by atoms with Crippen molar-refractivity contribution in [1.29, 1.82) is 0 Å². The molecule has 1 aliphatic rings. The monoisotopic (exact) mass is 227 g/mol. The normalized spacial score (nSPS) is 18.2. The summed E-state index contributed by atoms with van der Waals surface area (Å²) in [5.74, 6) is 0. The molecular formula is C11H17NO2S. The average Bonchev–Trinajstić information content (AvgIpc) is 2.76. The maximum atomic E-state index is 5.82. The number of hydrogen-bond donors (Lipinski definition) is 1. The van der Waals surface area contributed by atoms with E-state index in [0.29, 0.717) is 12.6 Å². The van der Waals surface area contributed by atoms with Gasteiger partial charge in [-0.1, -0.05) is 0 Å². The molecule has 1 aromatic rings. The van der Waals surface area contributed by atoms with Gasteiger partial charge in [-0.05, 0) is 25.0 Å². The van der Waals surface area contributed by atoms with Crippen molar-refractivity contribution < 1.29 is 9.47 Å². The molecule has 1 aliphatic heterocycles. The lowest BCUT2D eigenvalue weighted by Gasteiger charge is -2.21. The molecule has 2 N–H and O–H groups in total. The maximum Gasteiger partial charge on any atom is 0.0813 e. The second-order valence-electron chi connectivity index (χ2n) is 3.69. The topological polar surface area (TPSA) is 44.5 Å². The fraction of sp³-hybridized carbons (Fsp3) is 0.636. The summed E-state index contributed by atoms with van der Waals surface area (Å²) in [6.07, 6.45) is 2.42. The zero-order valence-corrected chi connectivity index (χ0v) is 9.59. The largest absolute Gasteiger partial charge is 0.381 e. The minimum absolute atomic E-state index is 0.377. The lowest BCUT2D eigenvalue weighted by molar-refractivity contribution is -0.0383. The molecule has 0 radical (unpaired) electrons. The zero-order chi connectivity index (χ0) is 10.5. The minimum atomic E-state index is 0.377. The number of ether oxygens (including phenoxy) is 2. The van der Waals surface area contributed by atoms with E-state index >= 15 is 0 Å². The van der Waals surface area contributed by atoms with Crippen LogP contribution in [0, 0.1) is 0 Å². The van der Waals surface area contributed by atoms with Gasteiger partial charge in [-0.3, -0.25) is 0 Å². The third-order valence-corrected chi connectivity index (χ3v) is 3.63. The van der Waals surface area contributed by atoms with Crippen LogP contribution in [-0.2, 0) is 22.6 Å². The number of thiophene rings is 1. The predicted octanol–water partition coefficient (Wildman–Crippen LogP) is 1.90. The minimum Gasteiger partial charge on any atom is -0.381 e. The Morgan fingerprint density at radius 1 is 1.33 bits per heavy atom. The summed E-state index contributed by atoms with van der Waals surface area (Å²) in [7, 11) is 0. The number of nitrogens with two attached hydrogens (primary N) is 1. The van der Waals surface area contributed by atoms with E-state index in [1.165, 1.54) is 9.75 Å². The lowest BCUT2D eigenvalue weighted by atomic mass is 10.1. The quantitative estimate of drug-likeness (QED) is 0.854. The summed E-state index contributed by atoms with van der Waals surface area (Å²) >= 11 is 1.74. The first kappa shape index (κ1) is 11.1. The van der Waals surface area contributed by atoms with E-state index in [1.807, 2.05) is 0 Å². The molecule has 0 amide bonds. The van der Waals surface area contributed by atoms with Crippen LogP contribution in [0.25, 0.3) is 0 Å². The third-order valence-electron chi connectivity index (χ3n) is 2.55. The Morgan fingerprint density at radius 2 is 2.07 bits per heavy atom. The molecule has 0 spiro atoms. The van der Waals surface area contributed by atoms with Gasteiger partial charge >= 0.3 is 0 Å². The summed E-state index contributed by atoms with van der Waals surface area (Å²) in [6, 6.07) is 4.18. The number of hydrogen-bond acceptors (Lipinski definition) is 4. The molecule has 1 aromatic heterocycles. The average molecular weight is 227 g/mol. The van der Waals surface area contributed by atoms with Crippen LogP contribution in [-0.4, -0.2) is 19.3 Å². The van der Waals surface area contributed by atoms with Crippen molar-refractivity contribution in [2.45, 2.75) is 32.1 Å². The van der Waals surface area contributed by atoms with Crippen LogP contribution in [0.4, 0.5) is 0 Å². The summed E-state index contributed by atoms with van der Waals surface area (Å²) in [5.41, 5.74) is 5.56. The van der Waals surface area contributed by atoms with Crippen molar-refractivity contribution in [2.75, 3.05) is 13.2 Å². The van der Waals surface area contributed by atoms with Crippen LogP contribution < -0.4 is 5.73 Å². The van der Waals surface area contributed by atoms with Crippen molar-refractivity contribution in [1.82, 2.24) is 0 Å². The predicted molar refractivity (Wildman–Crippen MR) is 60.8 cm³/mol. The summed E-state index contributed by atoms with van der Waals surface area (Å²) < 4.78 is 11.1. The second kappa shape index (κ2) is 5.61. The Labute approximate surface area is 94.2 Å². The van der Waals surface area contributed by atoms with Crippen LogP contribution >= 0.6 is 11.3 Å². The van der Waals surface area contributed by atoms with Crippen LogP contribution in [0.5, 0.6) is 0 Å². The Hall–Kier alpha value is -0.420. The molecule has 2 rings (SSSR count). The first-order valence-electron chi connectivity index (χ1n) is 5.35. The molecule has 4 heteroatoms. The van der Waals surface area contributed by atoms with Gasteiger partial charge in [0.25, 0.3) is 0 Å². The highest BCUT2D eigenvalue weighted by Gasteiger charge is 2.14. The van der Waals surface area contributed by atoms with Crippen LogP contribution in [0.15, 0.2) is 12.1 Å². The van der Waals surface area contributed by atoms with E-state index in [4.69, 9.17) is 15.2 Å². The van der Waals surface area contributed by atoms with Crippen molar-refractivity contribution in [3.8, 4) is 0 Å². The first-order chi connectivity index (χ1) is 7.38. The Bertz CT molecular complexity index is 295. The summed E-state index contributed by atoms with van der Waals surface area (Å²) in [5, 5.41) is 0. The SMILES string of the molecule is NCc1ccc(COC2CCOCC2)s1. The van der Waals surface area contributed by atoms with E-state index < -0.39 is 0 Å². The highest BCUT2D eigenvalue weighted by atomic mass is 32.1. The van der Waals surface area contributed by atoms with Crippen molar-refractivity contribution in [3.05, 3.63) is 21.9 Å². The standard InChI is InChI=1S/C11H17NO2S/c12-7-10-1-2-11(15-10)8-14-9-3-5-13-6-4-9/h1-2,9H,3-8,12H2. The second-order valence-corrected chi connectivity index (χ2v) is 4.95. The van der Waals surface area contributed by atoms with Gasteiger partial charge in [0, 0.05) is 29.5 Å². The van der Waals surface area contributed by atoms with Gasteiger partial charge in [0.15, 0.2) is 0 Å². The Morgan fingerprint density at radius 3 is 2.73 bits per heavy atom. The van der Waals surface area contributed by atoms with E-state index in [9.17, 15) is 0 Å². The fourth-order valence-electron chi connectivity index (χ4n) is 1.65. The highest BCUT2D eigenvalue weighted by Crippen LogP contribution is 2.19.